The first kappa shape index (κ1) is 14.8. The molecule has 0 radical (unpaired) electrons. The molecular weight excluding hydrogens is 296 g/mol. The lowest BCUT2D eigenvalue weighted by Crippen LogP contribution is -2.50. The first-order chi connectivity index (χ1) is 11.1. The molecule has 0 bridgehead atoms. The quantitative estimate of drug-likeness (QED) is 0.863. The summed E-state index contributed by atoms with van der Waals surface area (Å²) in [6, 6.07) is 16.5. The van der Waals surface area contributed by atoms with E-state index in [0.29, 0.717) is 11.1 Å². The van der Waals surface area contributed by atoms with Crippen LogP contribution in [0.15, 0.2) is 60.7 Å². The molecule has 1 aliphatic rings. The number of methoxy groups -OCH3 is 1. The Labute approximate surface area is 132 Å². The lowest BCUT2D eigenvalue weighted by Gasteiger charge is -2.33. The van der Waals surface area contributed by atoms with Crippen molar-refractivity contribution in [2.45, 2.75) is 5.54 Å². The van der Waals surface area contributed by atoms with E-state index in [1.165, 1.54) is 7.11 Å². The van der Waals surface area contributed by atoms with Crippen molar-refractivity contribution in [3.63, 3.8) is 0 Å². The monoisotopic (exact) mass is 310 g/mol. The largest absolute Gasteiger partial charge is 0.452 e. The predicted octanol–water partition coefficient (Wildman–Crippen LogP) is 2.25. The van der Waals surface area contributed by atoms with Crippen LogP contribution < -0.4 is 5.32 Å². The van der Waals surface area contributed by atoms with Crippen molar-refractivity contribution in [1.29, 1.82) is 0 Å². The van der Waals surface area contributed by atoms with Crippen molar-refractivity contribution in [2.75, 3.05) is 7.11 Å². The summed E-state index contributed by atoms with van der Waals surface area (Å²) >= 11 is 0. The van der Waals surface area contributed by atoms with E-state index in [0.717, 1.165) is 4.90 Å². The van der Waals surface area contributed by atoms with Crippen LogP contribution in [0, 0.1) is 0 Å². The van der Waals surface area contributed by atoms with E-state index < -0.39 is 23.6 Å². The molecule has 2 aromatic carbocycles. The van der Waals surface area contributed by atoms with Crippen molar-refractivity contribution in [1.82, 2.24) is 10.2 Å². The van der Waals surface area contributed by atoms with Gasteiger partial charge in [0.1, 0.15) is 0 Å². The van der Waals surface area contributed by atoms with Crippen molar-refractivity contribution >= 4 is 18.0 Å². The Morgan fingerprint density at radius 2 is 1.43 bits per heavy atom. The van der Waals surface area contributed by atoms with Gasteiger partial charge in [-0.3, -0.25) is 10.1 Å². The third-order valence-electron chi connectivity index (χ3n) is 3.83. The maximum Gasteiger partial charge on any atom is 0.419 e. The maximum atomic E-state index is 12.8. The Bertz CT molecular complexity index is 719. The van der Waals surface area contributed by atoms with Crippen LogP contribution in [0.5, 0.6) is 0 Å². The van der Waals surface area contributed by atoms with Crippen molar-refractivity contribution in [3.05, 3.63) is 71.8 Å². The van der Waals surface area contributed by atoms with Crippen LogP contribution in [0.25, 0.3) is 0 Å². The molecule has 6 nitrogen and oxygen atoms in total. The summed E-state index contributed by atoms with van der Waals surface area (Å²) in [4.78, 5) is 38.0. The van der Waals surface area contributed by atoms with E-state index in [-0.39, 0.29) is 0 Å². The first-order valence-electron chi connectivity index (χ1n) is 6.97. The van der Waals surface area contributed by atoms with E-state index in [1.54, 1.807) is 60.7 Å². The highest BCUT2D eigenvalue weighted by molar-refractivity contribution is 6.15. The number of benzene rings is 2. The third-order valence-corrected chi connectivity index (χ3v) is 3.83. The number of nitrogens with one attached hydrogen (secondary N) is 1. The van der Waals surface area contributed by atoms with Crippen molar-refractivity contribution < 1.29 is 19.1 Å². The van der Waals surface area contributed by atoms with Crippen LogP contribution in [0.4, 0.5) is 9.59 Å². The number of carbonyl (C=O) groups excluding carboxylic acids is 3. The van der Waals surface area contributed by atoms with Gasteiger partial charge in [0.05, 0.1) is 7.11 Å². The Kier molecular flexibility index (Phi) is 3.57. The minimum Gasteiger partial charge on any atom is -0.452 e. The van der Waals surface area contributed by atoms with Crippen LogP contribution >= 0.6 is 0 Å². The van der Waals surface area contributed by atoms with Gasteiger partial charge in [-0.1, -0.05) is 60.7 Å². The summed E-state index contributed by atoms with van der Waals surface area (Å²) in [6.07, 6.45) is -0.902. The van der Waals surface area contributed by atoms with Crippen molar-refractivity contribution in [3.8, 4) is 0 Å². The standard InChI is InChI=1S/C17H14N2O4/c1-23-16(22)19-15(21)18-14(20)17(19,12-8-4-2-5-9-12)13-10-6-3-7-11-13/h2-11H,1H3,(H,18,20,21). The molecule has 0 saturated carbocycles. The van der Waals surface area contributed by atoms with Crippen LogP contribution in [-0.4, -0.2) is 30.0 Å². The van der Waals surface area contributed by atoms with E-state index in [2.05, 4.69) is 5.32 Å². The molecule has 1 saturated heterocycles. The summed E-state index contributed by atoms with van der Waals surface area (Å²) in [5, 5.41) is 2.22. The predicted molar refractivity (Wildman–Crippen MR) is 81.4 cm³/mol. The van der Waals surface area contributed by atoms with Crippen LogP contribution in [0.2, 0.25) is 0 Å². The Morgan fingerprint density at radius 3 is 1.87 bits per heavy atom. The second kappa shape index (κ2) is 5.57. The number of carbonyl (C=O) groups is 3. The average Bonchev–Trinajstić information content (AvgIpc) is 2.87. The fourth-order valence-electron chi connectivity index (χ4n) is 2.85. The summed E-state index contributed by atoms with van der Waals surface area (Å²) < 4.78 is 4.73. The van der Waals surface area contributed by atoms with Gasteiger partial charge >= 0.3 is 12.1 Å². The fraction of sp³-hybridized carbons (Fsp3) is 0.118. The summed E-state index contributed by atoms with van der Waals surface area (Å²) in [5.41, 5.74) is -0.591. The Balaban J connectivity index is 2.33. The van der Waals surface area contributed by atoms with E-state index >= 15 is 0 Å². The van der Waals surface area contributed by atoms with Gasteiger partial charge in [0.15, 0.2) is 5.54 Å². The van der Waals surface area contributed by atoms with E-state index in [1.807, 2.05) is 0 Å². The van der Waals surface area contributed by atoms with Crippen LogP contribution in [-0.2, 0) is 15.1 Å². The molecule has 0 aliphatic carbocycles. The molecule has 1 N–H and O–H groups in total. The highest BCUT2D eigenvalue weighted by Crippen LogP contribution is 2.40. The minimum absolute atomic E-state index is 0.500. The number of hydrogen-bond donors (Lipinski definition) is 1. The smallest absolute Gasteiger partial charge is 0.419 e. The number of hydrogen-bond acceptors (Lipinski definition) is 4. The molecule has 0 atom stereocenters. The lowest BCUT2D eigenvalue weighted by atomic mass is 9.81. The number of ether oxygens (including phenoxy) is 1. The SMILES string of the molecule is COC(=O)N1C(=O)NC(=O)C1(c1ccccc1)c1ccccc1. The van der Waals surface area contributed by atoms with Gasteiger partial charge in [0, 0.05) is 0 Å². The number of urea groups is 1. The van der Waals surface area contributed by atoms with Crippen LogP contribution in [0.1, 0.15) is 11.1 Å². The molecular formula is C17H14N2O4. The van der Waals surface area contributed by atoms with Crippen molar-refractivity contribution in [2.24, 2.45) is 0 Å². The zero-order valence-corrected chi connectivity index (χ0v) is 12.4. The molecule has 4 amide bonds. The molecule has 3 rings (SSSR count). The molecule has 23 heavy (non-hydrogen) atoms. The van der Waals surface area contributed by atoms with Gasteiger partial charge in [0.25, 0.3) is 5.91 Å². The molecule has 2 aromatic rings. The van der Waals surface area contributed by atoms with E-state index in [9.17, 15) is 14.4 Å². The zero-order valence-electron chi connectivity index (χ0n) is 12.4. The van der Waals surface area contributed by atoms with Gasteiger partial charge in [-0.15, -0.1) is 0 Å². The molecule has 0 unspecified atom stereocenters. The number of nitrogens with zero attached hydrogens (tertiary/aromatic N) is 1. The molecule has 116 valence electrons. The number of amides is 4. The van der Waals surface area contributed by atoms with Gasteiger partial charge in [-0.25, -0.2) is 14.5 Å². The number of rotatable bonds is 2. The molecule has 1 aliphatic heterocycles. The fourth-order valence-corrected chi connectivity index (χ4v) is 2.85. The molecule has 1 heterocycles. The minimum atomic E-state index is -1.59. The second-order valence-electron chi connectivity index (χ2n) is 5.01. The molecule has 0 aromatic heterocycles. The third kappa shape index (κ3) is 2.07. The highest BCUT2D eigenvalue weighted by atomic mass is 16.5. The van der Waals surface area contributed by atoms with Crippen LogP contribution in [0.3, 0.4) is 0 Å². The van der Waals surface area contributed by atoms with Gasteiger partial charge in [-0.05, 0) is 11.1 Å². The van der Waals surface area contributed by atoms with E-state index in [4.69, 9.17) is 4.74 Å². The summed E-state index contributed by atoms with van der Waals surface area (Å²) in [5.74, 6) is -0.592. The second-order valence-corrected chi connectivity index (χ2v) is 5.01. The number of imide groups is 2. The molecule has 1 fully saturated rings. The molecule has 0 spiro atoms. The average molecular weight is 310 g/mol. The Hall–Kier alpha value is -3.15. The highest BCUT2D eigenvalue weighted by Gasteiger charge is 2.58. The Morgan fingerprint density at radius 1 is 0.957 bits per heavy atom. The van der Waals surface area contributed by atoms with Gasteiger partial charge in [0.2, 0.25) is 0 Å². The summed E-state index contributed by atoms with van der Waals surface area (Å²) in [6.45, 7) is 0. The normalized spacial score (nSPS) is 16.1. The lowest BCUT2D eigenvalue weighted by molar-refractivity contribution is -0.124. The van der Waals surface area contributed by atoms with Gasteiger partial charge < -0.3 is 4.74 Å². The topological polar surface area (TPSA) is 75.7 Å². The first-order valence-corrected chi connectivity index (χ1v) is 6.97. The molecule has 6 heteroatoms. The van der Waals surface area contributed by atoms with Gasteiger partial charge in [-0.2, -0.15) is 0 Å². The zero-order chi connectivity index (χ0) is 16.4. The maximum absolute atomic E-state index is 12.8. The summed E-state index contributed by atoms with van der Waals surface area (Å²) in [7, 11) is 1.17.